The first-order valence-electron chi connectivity index (χ1n) is 7.57. The maximum absolute atomic E-state index is 12.4. The van der Waals surface area contributed by atoms with Gasteiger partial charge in [-0.2, -0.15) is 5.26 Å². The monoisotopic (exact) mass is 354 g/mol. The van der Waals surface area contributed by atoms with E-state index < -0.39 is 11.8 Å². The van der Waals surface area contributed by atoms with Crippen molar-refractivity contribution in [1.82, 2.24) is 9.97 Å². The van der Waals surface area contributed by atoms with E-state index in [1.165, 1.54) is 13.3 Å². The molecule has 0 saturated heterocycles. The molecular weight excluding hydrogens is 340 g/mol. The van der Waals surface area contributed by atoms with Crippen molar-refractivity contribution in [2.45, 2.75) is 6.42 Å². The molecule has 0 spiro atoms. The van der Waals surface area contributed by atoms with E-state index in [9.17, 15) is 10.1 Å². The van der Waals surface area contributed by atoms with Gasteiger partial charge in [-0.25, -0.2) is 4.98 Å². The second-order valence-electron chi connectivity index (χ2n) is 5.44. The van der Waals surface area contributed by atoms with Gasteiger partial charge in [-0.05, 0) is 30.2 Å². The van der Waals surface area contributed by atoms with Gasteiger partial charge >= 0.3 is 0 Å². The van der Waals surface area contributed by atoms with Gasteiger partial charge in [-0.15, -0.1) is 0 Å². The highest BCUT2D eigenvalue weighted by Gasteiger charge is 2.21. The average Bonchev–Trinajstić information content (AvgIpc) is 3.04. The number of nitrogens with one attached hydrogen (secondary N) is 2. The van der Waals surface area contributed by atoms with Crippen LogP contribution in [-0.2, 0) is 11.2 Å². The van der Waals surface area contributed by atoms with Crippen LogP contribution in [0.2, 0.25) is 5.02 Å². The van der Waals surface area contributed by atoms with E-state index in [-0.39, 0.29) is 6.42 Å². The first kappa shape index (κ1) is 16.8. The van der Waals surface area contributed by atoms with Crippen molar-refractivity contribution >= 4 is 34.1 Å². The molecule has 0 radical (unpaired) electrons. The van der Waals surface area contributed by atoms with Crippen molar-refractivity contribution in [1.29, 1.82) is 5.26 Å². The molecule has 2 heterocycles. The van der Waals surface area contributed by atoms with Gasteiger partial charge in [0.1, 0.15) is 5.92 Å². The second-order valence-corrected chi connectivity index (χ2v) is 5.85. The minimum absolute atomic E-state index is 0.260. The van der Waals surface area contributed by atoms with Crippen LogP contribution in [0.4, 0.5) is 5.69 Å². The lowest BCUT2D eigenvalue weighted by Crippen LogP contribution is -2.23. The van der Waals surface area contributed by atoms with E-state index in [4.69, 9.17) is 16.3 Å². The second kappa shape index (κ2) is 7.24. The highest BCUT2D eigenvalue weighted by molar-refractivity contribution is 6.35. The van der Waals surface area contributed by atoms with Crippen LogP contribution in [0.25, 0.3) is 10.9 Å². The zero-order valence-corrected chi connectivity index (χ0v) is 14.2. The maximum atomic E-state index is 12.4. The van der Waals surface area contributed by atoms with E-state index in [1.54, 1.807) is 24.4 Å². The molecule has 3 rings (SSSR count). The van der Waals surface area contributed by atoms with Crippen molar-refractivity contribution in [2.75, 3.05) is 12.4 Å². The SMILES string of the molecule is COc1ccc(NC(=O)[C@@H](C#N)Cc2c[nH]c3cccc(Cl)c23)cn1. The van der Waals surface area contributed by atoms with Crippen LogP contribution in [0.5, 0.6) is 5.88 Å². The number of halogens is 1. The average molecular weight is 355 g/mol. The Morgan fingerprint density at radius 3 is 2.96 bits per heavy atom. The Balaban J connectivity index is 1.77. The Hall–Kier alpha value is -3.04. The lowest BCUT2D eigenvalue weighted by Gasteiger charge is -2.10. The van der Waals surface area contributed by atoms with E-state index in [0.717, 1.165) is 16.5 Å². The lowest BCUT2D eigenvalue weighted by atomic mass is 9.99. The molecule has 1 aromatic carbocycles. The zero-order chi connectivity index (χ0) is 17.8. The Labute approximate surface area is 149 Å². The summed E-state index contributed by atoms with van der Waals surface area (Å²) < 4.78 is 4.97. The third-order valence-electron chi connectivity index (χ3n) is 3.85. The van der Waals surface area contributed by atoms with Crippen molar-refractivity contribution in [2.24, 2.45) is 5.92 Å². The number of aromatic amines is 1. The zero-order valence-electron chi connectivity index (χ0n) is 13.4. The number of H-pyrrole nitrogens is 1. The number of nitrogens with zero attached hydrogens (tertiary/aromatic N) is 2. The molecule has 3 aromatic rings. The van der Waals surface area contributed by atoms with E-state index in [2.05, 4.69) is 21.4 Å². The standard InChI is InChI=1S/C18H15ClN4O2/c1-25-16-6-5-13(10-22-16)23-18(24)11(8-20)7-12-9-21-15-4-2-3-14(19)17(12)15/h2-6,9-11,21H,7H2,1H3,(H,23,24)/t11-/m1/s1. The molecule has 126 valence electrons. The molecule has 1 atom stereocenters. The molecule has 2 N–H and O–H groups in total. The normalized spacial score (nSPS) is 11.7. The molecule has 7 heteroatoms. The topological polar surface area (TPSA) is 90.8 Å². The quantitative estimate of drug-likeness (QED) is 0.733. The number of rotatable bonds is 5. The number of nitriles is 1. The number of ether oxygens (including phenoxy) is 1. The Kier molecular flexibility index (Phi) is 4.87. The van der Waals surface area contributed by atoms with Gasteiger partial charge in [0, 0.05) is 23.2 Å². The van der Waals surface area contributed by atoms with E-state index in [1.807, 2.05) is 12.1 Å². The van der Waals surface area contributed by atoms with Crippen LogP contribution in [-0.4, -0.2) is 23.0 Å². The summed E-state index contributed by atoms with van der Waals surface area (Å²) in [5.74, 6) is -0.795. The molecule has 6 nitrogen and oxygen atoms in total. The number of carbonyl (C=O) groups excluding carboxylic acids is 1. The van der Waals surface area contributed by atoms with Gasteiger partial charge < -0.3 is 15.0 Å². The molecule has 0 saturated carbocycles. The number of amides is 1. The summed E-state index contributed by atoms with van der Waals surface area (Å²) in [6.45, 7) is 0. The van der Waals surface area contributed by atoms with Crippen LogP contribution >= 0.6 is 11.6 Å². The third kappa shape index (κ3) is 3.57. The molecule has 0 aliphatic carbocycles. The number of benzene rings is 1. The maximum Gasteiger partial charge on any atom is 0.242 e. The van der Waals surface area contributed by atoms with Crippen LogP contribution < -0.4 is 10.1 Å². The summed E-state index contributed by atoms with van der Waals surface area (Å²) in [7, 11) is 1.51. The van der Waals surface area contributed by atoms with Crippen molar-refractivity contribution in [3.63, 3.8) is 0 Å². The summed E-state index contributed by atoms with van der Waals surface area (Å²) in [4.78, 5) is 19.5. The molecule has 0 aliphatic heterocycles. The fourth-order valence-corrected chi connectivity index (χ4v) is 2.89. The van der Waals surface area contributed by atoms with E-state index in [0.29, 0.717) is 16.6 Å². The molecule has 2 aromatic heterocycles. The number of hydrogen-bond donors (Lipinski definition) is 2. The van der Waals surface area contributed by atoms with E-state index >= 15 is 0 Å². The van der Waals surface area contributed by atoms with Gasteiger partial charge in [0.15, 0.2) is 0 Å². The summed E-state index contributed by atoms with van der Waals surface area (Å²) in [6.07, 6.45) is 3.52. The van der Waals surface area contributed by atoms with Gasteiger partial charge in [-0.3, -0.25) is 4.79 Å². The number of hydrogen-bond acceptors (Lipinski definition) is 4. The van der Waals surface area contributed by atoms with Gasteiger partial charge in [0.05, 0.1) is 30.1 Å². The minimum atomic E-state index is -0.850. The Morgan fingerprint density at radius 2 is 2.28 bits per heavy atom. The van der Waals surface area contributed by atoms with Gasteiger partial charge in [0.2, 0.25) is 11.8 Å². The highest BCUT2D eigenvalue weighted by Crippen LogP contribution is 2.28. The number of aromatic nitrogens is 2. The van der Waals surface area contributed by atoms with Crippen molar-refractivity contribution < 1.29 is 9.53 Å². The third-order valence-corrected chi connectivity index (χ3v) is 4.16. The van der Waals surface area contributed by atoms with Crippen LogP contribution in [0.1, 0.15) is 5.56 Å². The van der Waals surface area contributed by atoms with Crippen molar-refractivity contribution in [3.8, 4) is 11.9 Å². The number of methoxy groups -OCH3 is 1. The van der Waals surface area contributed by atoms with Crippen LogP contribution in [0, 0.1) is 17.2 Å². The molecule has 25 heavy (non-hydrogen) atoms. The van der Waals surface area contributed by atoms with Gasteiger partial charge in [-0.1, -0.05) is 17.7 Å². The summed E-state index contributed by atoms with van der Waals surface area (Å²) in [5.41, 5.74) is 2.21. The smallest absolute Gasteiger partial charge is 0.242 e. The summed E-state index contributed by atoms with van der Waals surface area (Å²) >= 11 is 6.24. The molecular formula is C18H15ClN4O2. The van der Waals surface area contributed by atoms with Crippen molar-refractivity contribution in [3.05, 3.63) is 53.3 Å². The molecule has 0 aliphatic rings. The predicted octanol–water partition coefficient (Wildman–Crippen LogP) is 3.55. The Bertz CT molecular complexity index is 944. The number of carbonyl (C=O) groups is 1. The number of fused-ring (bicyclic) bond motifs is 1. The van der Waals surface area contributed by atoms with Gasteiger partial charge in [0.25, 0.3) is 0 Å². The Morgan fingerprint density at radius 1 is 1.44 bits per heavy atom. The van der Waals surface area contributed by atoms with Crippen LogP contribution in [0.3, 0.4) is 0 Å². The number of pyridine rings is 1. The largest absolute Gasteiger partial charge is 0.481 e. The first-order valence-corrected chi connectivity index (χ1v) is 7.95. The fraction of sp³-hybridized carbons (Fsp3) is 0.167. The molecule has 1 amide bonds. The lowest BCUT2D eigenvalue weighted by molar-refractivity contribution is -0.118. The fourth-order valence-electron chi connectivity index (χ4n) is 2.59. The summed E-state index contributed by atoms with van der Waals surface area (Å²) in [6, 6.07) is 10.9. The molecule has 0 bridgehead atoms. The van der Waals surface area contributed by atoms with Crippen LogP contribution in [0.15, 0.2) is 42.7 Å². The number of anilines is 1. The summed E-state index contributed by atoms with van der Waals surface area (Å²) in [5, 5.41) is 13.5. The molecule has 0 fully saturated rings. The predicted molar refractivity (Wildman–Crippen MR) is 95.5 cm³/mol. The first-order chi connectivity index (χ1) is 12.1. The minimum Gasteiger partial charge on any atom is -0.481 e. The highest BCUT2D eigenvalue weighted by atomic mass is 35.5. The molecule has 0 unspecified atom stereocenters.